The van der Waals surface area contributed by atoms with E-state index in [4.69, 9.17) is 9.47 Å². The van der Waals surface area contributed by atoms with Crippen molar-refractivity contribution >= 4 is 5.97 Å². The lowest BCUT2D eigenvalue weighted by atomic mass is 10.1. The second kappa shape index (κ2) is 15.2. The van der Waals surface area contributed by atoms with Gasteiger partial charge >= 0.3 is 5.97 Å². The minimum Gasteiger partial charge on any atom is -0.463 e. The Kier molecular flexibility index (Phi) is 13.1. The van der Waals surface area contributed by atoms with Crippen LogP contribution < -0.4 is 0 Å². The summed E-state index contributed by atoms with van der Waals surface area (Å²) in [7, 11) is 0. The van der Waals surface area contributed by atoms with Crippen molar-refractivity contribution in [2.24, 2.45) is 0 Å². The molecule has 0 aromatic carbocycles. The van der Waals surface area contributed by atoms with Crippen LogP contribution in [0.3, 0.4) is 0 Å². The highest BCUT2D eigenvalue weighted by Crippen LogP contribution is 2.11. The van der Waals surface area contributed by atoms with Crippen molar-refractivity contribution in [3.63, 3.8) is 0 Å². The van der Waals surface area contributed by atoms with Gasteiger partial charge in [-0.2, -0.15) is 0 Å². The summed E-state index contributed by atoms with van der Waals surface area (Å²) >= 11 is 0. The van der Waals surface area contributed by atoms with Gasteiger partial charge in [-0.1, -0.05) is 62.6 Å². The zero-order chi connectivity index (χ0) is 17.3. The van der Waals surface area contributed by atoms with Crippen LogP contribution in [0.25, 0.3) is 0 Å². The molecule has 3 nitrogen and oxygen atoms in total. The molecule has 1 saturated heterocycles. The van der Waals surface area contributed by atoms with Crippen molar-refractivity contribution in [3.05, 3.63) is 36.5 Å². The summed E-state index contributed by atoms with van der Waals surface area (Å²) in [4.78, 5) is 11.4. The fourth-order valence-electron chi connectivity index (χ4n) is 2.31. The number of hydrogen-bond donors (Lipinski definition) is 0. The summed E-state index contributed by atoms with van der Waals surface area (Å²) in [6.07, 6.45) is 24.2. The van der Waals surface area contributed by atoms with E-state index in [0.717, 1.165) is 45.1 Å². The van der Waals surface area contributed by atoms with Crippen LogP contribution in [0.2, 0.25) is 0 Å². The third-order valence-electron chi connectivity index (χ3n) is 3.86. The van der Waals surface area contributed by atoms with E-state index in [1.54, 1.807) is 0 Å². The molecule has 3 heteroatoms. The third kappa shape index (κ3) is 14.3. The molecule has 1 fully saturated rings. The highest BCUT2D eigenvalue weighted by Gasteiger charge is 2.23. The molecular weight excluding hydrogens is 300 g/mol. The van der Waals surface area contributed by atoms with Crippen molar-refractivity contribution in [1.29, 1.82) is 0 Å². The highest BCUT2D eigenvalue weighted by atomic mass is 16.6. The molecule has 1 aliphatic rings. The number of rotatable bonds is 15. The molecule has 0 aliphatic carbocycles. The Morgan fingerprint density at radius 2 is 1.58 bits per heavy atom. The van der Waals surface area contributed by atoms with Gasteiger partial charge in [-0.25, -0.2) is 0 Å². The molecule has 0 aromatic rings. The summed E-state index contributed by atoms with van der Waals surface area (Å²) in [5.74, 6) is -0.0772. The number of carbonyl (C=O) groups is 1. The molecule has 1 unspecified atom stereocenters. The van der Waals surface area contributed by atoms with Crippen molar-refractivity contribution in [1.82, 2.24) is 0 Å². The number of epoxide rings is 1. The average molecular weight is 335 g/mol. The molecular formula is C21H34O3. The molecule has 1 rings (SSSR count). The summed E-state index contributed by atoms with van der Waals surface area (Å²) in [6, 6.07) is 0. The predicted octanol–water partition coefficient (Wildman–Crippen LogP) is 5.52. The molecule has 0 amide bonds. The first kappa shape index (κ1) is 20.7. The summed E-state index contributed by atoms with van der Waals surface area (Å²) in [5.41, 5.74) is 0. The van der Waals surface area contributed by atoms with Gasteiger partial charge in [-0.15, -0.1) is 0 Å². The van der Waals surface area contributed by atoms with Crippen LogP contribution in [0.15, 0.2) is 36.5 Å². The van der Waals surface area contributed by atoms with E-state index in [1.807, 2.05) is 0 Å². The highest BCUT2D eigenvalue weighted by molar-refractivity contribution is 5.69. The van der Waals surface area contributed by atoms with E-state index < -0.39 is 0 Å². The summed E-state index contributed by atoms with van der Waals surface area (Å²) < 4.78 is 10.1. The Balaban J connectivity index is 1.78. The van der Waals surface area contributed by atoms with Crippen LogP contribution in [0.1, 0.15) is 71.1 Å². The fraction of sp³-hybridized carbons (Fsp3) is 0.667. The van der Waals surface area contributed by atoms with E-state index in [-0.39, 0.29) is 12.1 Å². The maximum absolute atomic E-state index is 11.4. The number of ether oxygens (including phenoxy) is 2. The standard InChI is InChI=1S/C21H34O3/c1-2-3-4-5-6-7-8-9-10-11-12-13-14-15-16-17-21(22)24-19-20-18-23-20/h3-4,6-7,9-10,20H,2,5,8,11-19H2,1H3/b4-3+,7-6+,10-9+. The number of unbranched alkanes of at least 4 members (excludes halogenated alkanes) is 5. The molecule has 0 aromatic heterocycles. The normalized spacial score (nSPS) is 17.3. The monoisotopic (exact) mass is 334 g/mol. The lowest BCUT2D eigenvalue weighted by Gasteiger charge is -2.02. The quantitative estimate of drug-likeness (QED) is 0.171. The van der Waals surface area contributed by atoms with Gasteiger partial charge in [0.25, 0.3) is 0 Å². The Morgan fingerprint density at radius 3 is 2.29 bits per heavy atom. The van der Waals surface area contributed by atoms with Gasteiger partial charge in [0, 0.05) is 6.42 Å². The Bertz CT molecular complexity index is 392. The number of carbonyl (C=O) groups excluding carboxylic acids is 1. The largest absolute Gasteiger partial charge is 0.463 e. The Hall–Kier alpha value is -1.35. The molecule has 24 heavy (non-hydrogen) atoms. The molecule has 0 spiro atoms. The maximum Gasteiger partial charge on any atom is 0.305 e. The van der Waals surface area contributed by atoms with E-state index in [1.165, 1.54) is 19.3 Å². The number of esters is 1. The van der Waals surface area contributed by atoms with Gasteiger partial charge < -0.3 is 9.47 Å². The third-order valence-corrected chi connectivity index (χ3v) is 3.86. The second-order valence-corrected chi connectivity index (χ2v) is 6.24. The van der Waals surface area contributed by atoms with Gasteiger partial charge in [0.2, 0.25) is 0 Å². The van der Waals surface area contributed by atoms with E-state index in [0.29, 0.717) is 13.0 Å². The Morgan fingerprint density at radius 1 is 0.958 bits per heavy atom. The van der Waals surface area contributed by atoms with Crippen LogP contribution in [0.5, 0.6) is 0 Å². The molecule has 0 saturated carbocycles. The minimum atomic E-state index is -0.0772. The smallest absolute Gasteiger partial charge is 0.305 e. The average Bonchev–Trinajstić information content (AvgIpc) is 3.41. The zero-order valence-electron chi connectivity index (χ0n) is 15.3. The summed E-state index contributed by atoms with van der Waals surface area (Å²) in [5, 5.41) is 0. The van der Waals surface area contributed by atoms with Crippen molar-refractivity contribution in [3.8, 4) is 0 Å². The van der Waals surface area contributed by atoms with Crippen molar-refractivity contribution in [2.45, 2.75) is 77.2 Å². The molecule has 1 atom stereocenters. The topological polar surface area (TPSA) is 38.8 Å². The molecule has 0 bridgehead atoms. The molecule has 136 valence electrons. The minimum absolute atomic E-state index is 0.0772. The molecule has 0 radical (unpaired) electrons. The number of allylic oxidation sites excluding steroid dienone is 6. The molecule has 1 heterocycles. The van der Waals surface area contributed by atoms with Crippen molar-refractivity contribution in [2.75, 3.05) is 13.2 Å². The first-order valence-corrected chi connectivity index (χ1v) is 9.55. The molecule has 1 aliphatic heterocycles. The van der Waals surface area contributed by atoms with Crippen LogP contribution in [0.4, 0.5) is 0 Å². The summed E-state index contributed by atoms with van der Waals surface area (Å²) in [6.45, 7) is 3.34. The van der Waals surface area contributed by atoms with Crippen LogP contribution in [-0.2, 0) is 14.3 Å². The number of hydrogen-bond acceptors (Lipinski definition) is 3. The van der Waals surface area contributed by atoms with Gasteiger partial charge in [0.05, 0.1) is 6.61 Å². The van der Waals surface area contributed by atoms with Gasteiger partial charge in [0.1, 0.15) is 12.7 Å². The molecule has 0 N–H and O–H groups in total. The van der Waals surface area contributed by atoms with Gasteiger partial charge in [-0.3, -0.25) is 4.79 Å². The zero-order valence-corrected chi connectivity index (χ0v) is 15.3. The second-order valence-electron chi connectivity index (χ2n) is 6.24. The van der Waals surface area contributed by atoms with Gasteiger partial charge in [-0.05, 0) is 38.5 Å². The van der Waals surface area contributed by atoms with E-state index in [9.17, 15) is 4.79 Å². The lowest BCUT2D eigenvalue weighted by Crippen LogP contribution is -2.09. The maximum atomic E-state index is 11.4. The van der Waals surface area contributed by atoms with Crippen molar-refractivity contribution < 1.29 is 14.3 Å². The van der Waals surface area contributed by atoms with E-state index in [2.05, 4.69) is 43.4 Å². The first-order chi connectivity index (χ1) is 11.8. The van der Waals surface area contributed by atoms with E-state index >= 15 is 0 Å². The van der Waals surface area contributed by atoms with Crippen LogP contribution >= 0.6 is 0 Å². The van der Waals surface area contributed by atoms with Gasteiger partial charge in [0.15, 0.2) is 0 Å². The first-order valence-electron chi connectivity index (χ1n) is 9.55. The van der Waals surface area contributed by atoms with Crippen LogP contribution in [0, 0.1) is 0 Å². The predicted molar refractivity (Wildman–Crippen MR) is 100.0 cm³/mol. The lowest BCUT2D eigenvalue weighted by molar-refractivity contribution is -0.144. The Labute approximate surface area is 147 Å². The van der Waals surface area contributed by atoms with Crippen LogP contribution in [-0.4, -0.2) is 25.3 Å². The SMILES string of the molecule is CC/C=C/C/C=C/C/C=C/CCCCCCCC(=O)OCC1CO1. The fourth-order valence-corrected chi connectivity index (χ4v) is 2.31.